The first kappa shape index (κ1) is 47.7. The number of allylic oxidation sites excluding steroid dienone is 3. The average molecular weight is 1030 g/mol. The lowest BCUT2D eigenvalue weighted by Crippen LogP contribution is -2.18. The molecule has 0 radical (unpaired) electrons. The van der Waals surface area contributed by atoms with Crippen molar-refractivity contribution in [2.45, 2.75) is 12.3 Å². The number of rotatable bonds is 11. The average Bonchev–Trinajstić information content (AvgIpc) is 4.31. The van der Waals surface area contributed by atoms with E-state index in [-0.39, 0.29) is 5.92 Å². The lowest BCUT2D eigenvalue weighted by Gasteiger charge is -2.31. The van der Waals surface area contributed by atoms with Gasteiger partial charge in [0, 0.05) is 55.8 Å². The molecule has 0 spiro atoms. The molecule has 15 rings (SSSR count). The Hall–Kier alpha value is -10.5. The summed E-state index contributed by atoms with van der Waals surface area (Å²) >= 11 is 0. The van der Waals surface area contributed by atoms with E-state index in [1.807, 2.05) is 0 Å². The van der Waals surface area contributed by atoms with E-state index >= 15 is 0 Å². The van der Waals surface area contributed by atoms with E-state index in [0.717, 1.165) is 23.5 Å². The van der Waals surface area contributed by atoms with Crippen LogP contribution in [0.3, 0.4) is 0 Å². The molecule has 12 aromatic carbocycles. The van der Waals surface area contributed by atoms with E-state index in [4.69, 9.17) is 0 Å². The van der Waals surface area contributed by atoms with Crippen molar-refractivity contribution in [3.63, 3.8) is 0 Å². The Bertz CT molecular complexity index is 4660. The zero-order valence-corrected chi connectivity index (χ0v) is 44.6. The molecular formula is C78H55N3. The zero-order valence-electron chi connectivity index (χ0n) is 44.6. The molecule has 0 N–H and O–H groups in total. The van der Waals surface area contributed by atoms with Crippen molar-refractivity contribution in [2.24, 2.45) is 0 Å². The second-order valence-electron chi connectivity index (χ2n) is 21.2. The van der Waals surface area contributed by atoms with E-state index in [0.29, 0.717) is 0 Å². The van der Waals surface area contributed by atoms with Gasteiger partial charge in [-0.2, -0.15) is 0 Å². The first-order valence-electron chi connectivity index (χ1n) is 28.1. The maximum Gasteiger partial charge on any atom is 0.0541 e. The van der Waals surface area contributed by atoms with Gasteiger partial charge >= 0.3 is 0 Å². The van der Waals surface area contributed by atoms with Crippen LogP contribution in [-0.4, -0.2) is 9.13 Å². The van der Waals surface area contributed by atoms with Crippen LogP contribution >= 0.6 is 0 Å². The van der Waals surface area contributed by atoms with E-state index in [9.17, 15) is 0 Å². The van der Waals surface area contributed by atoms with Crippen LogP contribution in [0.2, 0.25) is 0 Å². The Morgan fingerprint density at radius 3 is 1.22 bits per heavy atom. The number of fused-ring (bicyclic) bond motifs is 6. The quantitative estimate of drug-likeness (QED) is 0.126. The summed E-state index contributed by atoms with van der Waals surface area (Å²) in [7, 11) is 0. The van der Waals surface area contributed by atoms with Crippen LogP contribution in [0, 0.1) is 0 Å². The molecule has 0 amide bonds. The summed E-state index contributed by atoms with van der Waals surface area (Å²) in [6.45, 7) is 0. The van der Waals surface area contributed by atoms with Gasteiger partial charge in [0.25, 0.3) is 0 Å². The molecule has 2 heterocycles. The standard InChI is InChI=1S/C78H55N3/c1-5-17-54(18-6-1)62-41-48-76(71(51-62)61-19-7-2-8-20-61)79(67-44-37-57(38-45-67)55-29-33-59(34-30-55)63-42-49-77-72(52-63)69-25-13-15-27-74(69)80(77)65-21-9-3-10-22-65)68-46-39-58(40-47-68)56-31-35-60(36-32-56)64-43-50-78-73(53-64)70-26-14-16-28-75(70)81(78)66-23-11-4-12-24-66/h1-39,41-53,58H,40H2. The van der Waals surface area contributed by atoms with Crippen LogP contribution in [0.15, 0.2) is 321 Å². The van der Waals surface area contributed by atoms with Gasteiger partial charge in [0.05, 0.1) is 27.8 Å². The highest BCUT2D eigenvalue weighted by Crippen LogP contribution is 2.44. The Morgan fingerprint density at radius 1 is 0.309 bits per heavy atom. The minimum Gasteiger partial charge on any atom is -0.310 e. The van der Waals surface area contributed by atoms with Gasteiger partial charge in [0.15, 0.2) is 0 Å². The summed E-state index contributed by atoms with van der Waals surface area (Å²) in [6, 6.07) is 109. The Morgan fingerprint density at radius 2 is 0.704 bits per heavy atom. The lowest BCUT2D eigenvalue weighted by atomic mass is 9.89. The summed E-state index contributed by atoms with van der Waals surface area (Å²) in [6.07, 6.45) is 8.04. The molecule has 1 aliphatic carbocycles. The van der Waals surface area contributed by atoms with Crippen LogP contribution in [0.25, 0.3) is 111 Å². The second-order valence-corrected chi connectivity index (χ2v) is 21.2. The van der Waals surface area contributed by atoms with Crippen molar-refractivity contribution in [1.82, 2.24) is 9.13 Å². The summed E-state index contributed by atoms with van der Waals surface area (Å²) < 4.78 is 4.75. The summed E-state index contributed by atoms with van der Waals surface area (Å²) in [5, 5.41) is 5.03. The third kappa shape index (κ3) is 8.73. The normalized spacial score (nSPS) is 13.3. The number of benzene rings is 12. The van der Waals surface area contributed by atoms with Gasteiger partial charge in [-0.3, -0.25) is 0 Å². The number of anilines is 2. The Labute approximate surface area is 472 Å². The number of hydrogen-bond donors (Lipinski definition) is 0. The molecule has 1 atom stereocenters. The van der Waals surface area contributed by atoms with E-state index < -0.39 is 0 Å². The lowest BCUT2D eigenvalue weighted by molar-refractivity contribution is 0.840. The molecule has 1 unspecified atom stereocenters. The van der Waals surface area contributed by atoms with Crippen molar-refractivity contribution >= 4 is 55.0 Å². The monoisotopic (exact) mass is 1030 g/mol. The predicted molar refractivity (Wildman–Crippen MR) is 342 cm³/mol. The van der Waals surface area contributed by atoms with Gasteiger partial charge in [-0.1, -0.05) is 224 Å². The smallest absolute Gasteiger partial charge is 0.0541 e. The van der Waals surface area contributed by atoms with Crippen LogP contribution in [-0.2, 0) is 0 Å². The number of hydrogen-bond acceptors (Lipinski definition) is 1. The predicted octanol–water partition coefficient (Wildman–Crippen LogP) is 21.0. The first-order valence-corrected chi connectivity index (χ1v) is 28.1. The fourth-order valence-electron chi connectivity index (χ4n) is 12.4. The summed E-state index contributed by atoms with van der Waals surface area (Å²) in [4.78, 5) is 2.45. The highest BCUT2D eigenvalue weighted by atomic mass is 15.1. The minimum absolute atomic E-state index is 0.243. The molecule has 0 saturated carbocycles. The molecule has 0 saturated heterocycles. The number of nitrogens with zero attached hydrogens (tertiary/aromatic N) is 3. The van der Waals surface area contributed by atoms with Gasteiger partial charge in [-0.15, -0.1) is 0 Å². The maximum atomic E-state index is 2.45. The molecule has 0 aliphatic heterocycles. The van der Waals surface area contributed by atoms with Crippen LogP contribution in [0.5, 0.6) is 0 Å². The number of aromatic nitrogens is 2. The molecule has 3 nitrogen and oxygen atoms in total. The first-order chi connectivity index (χ1) is 40.2. The largest absolute Gasteiger partial charge is 0.310 e. The summed E-state index contributed by atoms with van der Waals surface area (Å²) in [5.74, 6) is 0.243. The fraction of sp³-hybridized carbons (Fsp3) is 0.0256. The minimum atomic E-state index is 0.243. The van der Waals surface area contributed by atoms with Crippen molar-refractivity contribution in [2.75, 3.05) is 4.90 Å². The second kappa shape index (κ2) is 20.4. The van der Waals surface area contributed by atoms with Crippen LogP contribution in [0.4, 0.5) is 11.4 Å². The molecule has 0 bridgehead atoms. The molecule has 81 heavy (non-hydrogen) atoms. The van der Waals surface area contributed by atoms with Crippen molar-refractivity contribution < 1.29 is 0 Å². The van der Waals surface area contributed by atoms with E-state index in [1.165, 1.54) is 116 Å². The molecule has 2 aromatic heterocycles. The molecule has 1 aliphatic rings. The van der Waals surface area contributed by atoms with E-state index in [2.05, 4.69) is 330 Å². The zero-order chi connectivity index (χ0) is 53.6. The SMILES string of the molecule is C1=CC(c2ccc(-c3ccc4c(c3)c3ccccc3n4-c3ccccc3)cc2)CC=C1N(c1ccc(-c2ccc(-c3ccc4c(c3)c3ccccc3n4-c3ccccc3)cc2)cc1)c1ccc(-c2ccccc2)cc1-c1ccccc1. The van der Waals surface area contributed by atoms with Gasteiger partial charge in [-0.25, -0.2) is 0 Å². The fourth-order valence-corrected chi connectivity index (χ4v) is 12.4. The number of para-hydroxylation sites is 4. The van der Waals surface area contributed by atoms with Gasteiger partial charge in [0.2, 0.25) is 0 Å². The van der Waals surface area contributed by atoms with Crippen molar-refractivity contribution in [1.29, 1.82) is 0 Å². The topological polar surface area (TPSA) is 13.1 Å². The van der Waals surface area contributed by atoms with Crippen molar-refractivity contribution in [3.05, 3.63) is 327 Å². The molecule has 0 fully saturated rings. The Kier molecular flexibility index (Phi) is 12.0. The highest BCUT2D eigenvalue weighted by molar-refractivity contribution is 6.11. The maximum absolute atomic E-state index is 2.45. The van der Waals surface area contributed by atoms with Crippen LogP contribution < -0.4 is 4.90 Å². The molecule has 3 heteroatoms. The van der Waals surface area contributed by atoms with Gasteiger partial charge < -0.3 is 14.0 Å². The third-order valence-electron chi connectivity index (χ3n) is 16.5. The van der Waals surface area contributed by atoms with Gasteiger partial charge in [-0.05, 0) is 153 Å². The summed E-state index contributed by atoms with van der Waals surface area (Å²) in [5.41, 5.74) is 23.8. The highest BCUT2D eigenvalue weighted by Gasteiger charge is 2.23. The van der Waals surface area contributed by atoms with Crippen molar-refractivity contribution in [3.8, 4) is 67.0 Å². The van der Waals surface area contributed by atoms with Crippen LogP contribution in [0.1, 0.15) is 17.9 Å². The van der Waals surface area contributed by atoms with E-state index in [1.54, 1.807) is 0 Å². The molecular weight excluding hydrogens is 979 g/mol. The third-order valence-corrected chi connectivity index (χ3v) is 16.5. The van der Waals surface area contributed by atoms with Gasteiger partial charge in [0.1, 0.15) is 0 Å². The molecule has 14 aromatic rings. The molecule has 382 valence electrons. The Balaban J connectivity index is 0.742.